The number of aromatic nitrogens is 2. The lowest BCUT2D eigenvalue weighted by Gasteiger charge is -2.32. The Morgan fingerprint density at radius 2 is 1.57 bits per heavy atom. The molecule has 1 aromatic carbocycles. The van der Waals surface area contributed by atoms with Crippen LogP contribution in [0.15, 0.2) is 36.8 Å². The molecule has 2 fully saturated rings. The lowest BCUT2D eigenvalue weighted by atomic mass is 9.77. The highest BCUT2D eigenvalue weighted by molar-refractivity contribution is 6.62. The molecule has 0 atom stereocenters. The minimum absolute atomic E-state index is 0.253. The number of anilines is 2. The quantitative estimate of drug-likeness (QED) is 0.733. The van der Waals surface area contributed by atoms with Crippen molar-refractivity contribution >= 4 is 24.1 Å². The van der Waals surface area contributed by atoms with E-state index in [2.05, 4.69) is 73.9 Å². The molecule has 0 radical (unpaired) electrons. The number of hydrogen-bond acceptors (Lipinski definition) is 7. The van der Waals surface area contributed by atoms with Crippen LogP contribution in [-0.2, 0) is 9.31 Å². The lowest BCUT2D eigenvalue weighted by Crippen LogP contribution is -2.41. The van der Waals surface area contributed by atoms with E-state index in [1.54, 1.807) is 0 Å². The zero-order chi connectivity index (χ0) is 21.9. The molecule has 4 rings (SSSR count). The third kappa shape index (κ3) is 5.12. The summed E-state index contributed by atoms with van der Waals surface area (Å²) in [6, 6.07) is 8.87. The number of nitrogens with two attached hydrogens (primary N) is 2. The predicted molar refractivity (Wildman–Crippen MR) is 122 cm³/mol. The first kappa shape index (κ1) is 22.5. The zero-order valence-electron chi connectivity index (χ0n) is 18.8. The summed E-state index contributed by atoms with van der Waals surface area (Å²) in [5.41, 5.74) is 13.0. The van der Waals surface area contributed by atoms with Crippen LogP contribution in [0.5, 0.6) is 0 Å². The van der Waals surface area contributed by atoms with Crippen molar-refractivity contribution in [3.8, 4) is 0 Å². The molecule has 2 aliphatic rings. The van der Waals surface area contributed by atoms with Crippen molar-refractivity contribution in [3.05, 3.63) is 42.4 Å². The molecule has 0 aliphatic carbocycles. The van der Waals surface area contributed by atoms with Gasteiger partial charge in [0.15, 0.2) is 0 Å². The SMILES string of the molecule is CN1CCC(c2ccc(B3OC(C)(C)C(C)(C)O3)cc2)CC1.Nc1cncnc1N. The molecule has 0 bridgehead atoms. The van der Waals surface area contributed by atoms with Gasteiger partial charge in [-0.1, -0.05) is 24.3 Å². The minimum atomic E-state index is -0.274. The van der Waals surface area contributed by atoms with Crippen LogP contribution >= 0.6 is 0 Å². The number of nitrogen functional groups attached to an aromatic ring is 2. The molecule has 1 aromatic heterocycles. The molecule has 8 heteroatoms. The fourth-order valence-corrected chi connectivity index (χ4v) is 3.60. The van der Waals surface area contributed by atoms with Crippen molar-refractivity contribution in [1.82, 2.24) is 14.9 Å². The molecular formula is C22H34BN5O2. The molecule has 0 amide bonds. The first-order valence-corrected chi connectivity index (χ1v) is 10.5. The van der Waals surface area contributed by atoms with E-state index in [9.17, 15) is 0 Å². The second-order valence-corrected chi connectivity index (χ2v) is 9.20. The van der Waals surface area contributed by atoms with Gasteiger partial charge in [0, 0.05) is 0 Å². The van der Waals surface area contributed by atoms with Gasteiger partial charge in [0.25, 0.3) is 0 Å². The fraction of sp³-hybridized carbons (Fsp3) is 0.545. The van der Waals surface area contributed by atoms with Gasteiger partial charge >= 0.3 is 7.12 Å². The molecule has 7 nitrogen and oxygen atoms in total. The Morgan fingerprint density at radius 1 is 1.00 bits per heavy atom. The highest BCUT2D eigenvalue weighted by atomic mass is 16.7. The Hall–Kier alpha value is -2.16. The molecule has 0 saturated carbocycles. The van der Waals surface area contributed by atoms with Gasteiger partial charge in [-0.15, -0.1) is 0 Å². The molecule has 3 heterocycles. The molecule has 4 N–H and O–H groups in total. The Morgan fingerprint density at radius 3 is 2.03 bits per heavy atom. The Kier molecular flexibility index (Phi) is 6.70. The van der Waals surface area contributed by atoms with E-state index in [1.165, 1.54) is 44.0 Å². The van der Waals surface area contributed by atoms with Gasteiger partial charge < -0.3 is 25.7 Å². The second kappa shape index (κ2) is 8.92. The highest BCUT2D eigenvalue weighted by Crippen LogP contribution is 2.36. The number of piperidine rings is 1. The number of benzene rings is 1. The monoisotopic (exact) mass is 411 g/mol. The van der Waals surface area contributed by atoms with Crippen molar-refractivity contribution < 1.29 is 9.31 Å². The maximum atomic E-state index is 6.12. The summed E-state index contributed by atoms with van der Waals surface area (Å²) in [7, 11) is 1.95. The van der Waals surface area contributed by atoms with Crippen LogP contribution in [0.3, 0.4) is 0 Å². The summed E-state index contributed by atoms with van der Waals surface area (Å²) in [5, 5.41) is 0. The fourth-order valence-electron chi connectivity index (χ4n) is 3.60. The normalized spacial score (nSPS) is 21.2. The average Bonchev–Trinajstić information content (AvgIpc) is 2.93. The van der Waals surface area contributed by atoms with E-state index >= 15 is 0 Å². The third-order valence-electron chi connectivity index (χ3n) is 6.42. The smallest absolute Gasteiger partial charge is 0.399 e. The summed E-state index contributed by atoms with van der Waals surface area (Å²) in [6.07, 6.45) is 5.33. The zero-order valence-corrected chi connectivity index (χ0v) is 18.8. The van der Waals surface area contributed by atoms with Gasteiger partial charge in [-0.2, -0.15) is 0 Å². The van der Waals surface area contributed by atoms with E-state index in [-0.39, 0.29) is 18.3 Å². The summed E-state index contributed by atoms with van der Waals surface area (Å²) >= 11 is 0. The van der Waals surface area contributed by atoms with Crippen LogP contribution in [0.25, 0.3) is 0 Å². The summed E-state index contributed by atoms with van der Waals surface area (Å²) in [6.45, 7) is 10.8. The van der Waals surface area contributed by atoms with E-state index in [1.807, 2.05) is 0 Å². The first-order chi connectivity index (χ1) is 14.1. The van der Waals surface area contributed by atoms with E-state index in [4.69, 9.17) is 20.8 Å². The molecule has 0 unspecified atom stereocenters. The molecule has 2 aliphatic heterocycles. The van der Waals surface area contributed by atoms with E-state index in [0.717, 1.165) is 5.46 Å². The van der Waals surface area contributed by atoms with Crippen LogP contribution in [0, 0.1) is 0 Å². The van der Waals surface area contributed by atoms with Gasteiger partial charge in [0.2, 0.25) is 0 Å². The standard InChI is InChI=1S/C18H28BNO2.C4H6N4/c1-17(2)18(3,4)22-19(21-17)16-8-6-14(7-9-16)15-10-12-20(5)13-11-15;5-3-1-7-2-8-4(3)6/h6-9,15H,10-13H2,1-5H3;1-2H,5H2,(H2,6,7,8). The summed E-state index contributed by atoms with van der Waals surface area (Å²) < 4.78 is 12.2. The van der Waals surface area contributed by atoms with Gasteiger partial charge in [-0.05, 0) is 77.6 Å². The van der Waals surface area contributed by atoms with Crippen molar-refractivity contribution in [2.45, 2.75) is 57.7 Å². The average molecular weight is 411 g/mol. The predicted octanol–water partition coefficient (Wildman–Crippen LogP) is 2.44. The Balaban J connectivity index is 0.000000269. The first-order valence-electron chi connectivity index (χ1n) is 10.5. The number of nitrogens with zero attached hydrogens (tertiary/aromatic N) is 3. The third-order valence-corrected chi connectivity index (χ3v) is 6.42. The summed E-state index contributed by atoms with van der Waals surface area (Å²) in [4.78, 5) is 9.66. The molecule has 162 valence electrons. The largest absolute Gasteiger partial charge is 0.494 e. The molecule has 2 saturated heterocycles. The van der Waals surface area contributed by atoms with Gasteiger partial charge in [0.1, 0.15) is 12.1 Å². The number of likely N-dealkylation sites (tertiary alicyclic amines) is 1. The van der Waals surface area contributed by atoms with Crippen molar-refractivity contribution in [3.63, 3.8) is 0 Å². The molecule has 2 aromatic rings. The van der Waals surface area contributed by atoms with Crippen molar-refractivity contribution in [1.29, 1.82) is 0 Å². The molecular weight excluding hydrogens is 377 g/mol. The van der Waals surface area contributed by atoms with Crippen LogP contribution in [0.2, 0.25) is 0 Å². The number of rotatable bonds is 2. The van der Waals surface area contributed by atoms with E-state index in [0.29, 0.717) is 17.4 Å². The van der Waals surface area contributed by atoms with Crippen LogP contribution in [0.4, 0.5) is 11.5 Å². The molecule has 30 heavy (non-hydrogen) atoms. The second-order valence-electron chi connectivity index (χ2n) is 9.20. The highest BCUT2D eigenvalue weighted by Gasteiger charge is 2.51. The van der Waals surface area contributed by atoms with Crippen LogP contribution < -0.4 is 16.9 Å². The molecule has 0 spiro atoms. The summed E-state index contributed by atoms with van der Waals surface area (Å²) in [5.74, 6) is 1.03. The maximum absolute atomic E-state index is 6.12. The van der Waals surface area contributed by atoms with Gasteiger partial charge in [0.05, 0.1) is 23.1 Å². The Labute approximate surface area is 180 Å². The van der Waals surface area contributed by atoms with Crippen LogP contribution in [0.1, 0.15) is 52.0 Å². The minimum Gasteiger partial charge on any atom is -0.399 e. The van der Waals surface area contributed by atoms with Crippen molar-refractivity contribution in [2.24, 2.45) is 0 Å². The Bertz CT molecular complexity index is 799. The van der Waals surface area contributed by atoms with Crippen LogP contribution in [-0.4, -0.2) is 53.3 Å². The van der Waals surface area contributed by atoms with E-state index < -0.39 is 0 Å². The van der Waals surface area contributed by atoms with Crippen molar-refractivity contribution in [2.75, 3.05) is 31.6 Å². The maximum Gasteiger partial charge on any atom is 0.494 e. The van der Waals surface area contributed by atoms with Gasteiger partial charge in [-0.25, -0.2) is 9.97 Å². The topological polar surface area (TPSA) is 99.5 Å². The number of hydrogen-bond donors (Lipinski definition) is 2. The van der Waals surface area contributed by atoms with Gasteiger partial charge in [-0.3, -0.25) is 0 Å². The lowest BCUT2D eigenvalue weighted by molar-refractivity contribution is 0.00578.